The SMILES string of the molecule is [H-].[Na+].[O-]/[N+](=N/O)N1CCOCC1. The van der Waals surface area contributed by atoms with Gasteiger partial charge in [-0.1, -0.05) is 0 Å². The summed E-state index contributed by atoms with van der Waals surface area (Å²) in [6.45, 7) is 1.98. The number of rotatable bonds is 1. The first-order valence-corrected chi connectivity index (χ1v) is 2.99. The molecule has 0 aromatic rings. The summed E-state index contributed by atoms with van der Waals surface area (Å²) in [5, 5.41) is 22.4. The molecule has 1 fully saturated rings. The largest absolute Gasteiger partial charge is 1.00 e. The van der Waals surface area contributed by atoms with Crippen LogP contribution in [0.5, 0.6) is 0 Å². The maximum absolute atomic E-state index is 10.5. The van der Waals surface area contributed by atoms with E-state index in [1.807, 2.05) is 0 Å². The predicted octanol–water partition coefficient (Wildman–Crippen LogP) is -3.30. The van der Waals surface area contributed by atoms with E-state index >= 15 is 0 Å². The molecule has 7 heteroatoms. The standard InChI is InChI=1S/C4H9N3O3.Na.H/c8-5-7(9)6-1-3-10-4-2-6;;/h8H,1-4H2;;/q;+1;-1/b7-5+;;. The molecule has 6 nitrogen and oxygen atoms in total. The van der Waals surface area contributed by atoms with Crippen LogP contribution in [0, 0.1) is 5.21 Å². The molecule has 0 radical (unpaired) electrons. The molecule has 1 aliphatic rings. The second-order valence-electron chi connectivity index (χ2n) is 1.91. The molecular weight excluding hydrogens is 161 g/mol. The molecule has 1 N–H and O–H groups in total. The Hall–Kier alpha value is -0.0400. The van der Waals surface area contributed by atoms with E-state index in [2.05, 4.69) is 5.28 Å². The van der Waals surface area contributed by atoms with Crippen LogP contribution in [0.4, 0.5) is 0 Å². The zero-order chi connectivity index (χ0) is 7.40. The van der Waals surface area contributed by atoms with Crippen molar-refractivity contribution < 1.29 is 45.9 Å². The van der Waals surface area contributed by atoms with Gasteiger partial charge in [0.2, 0.25) is 5.28 Å². The monoisotopic (exact) mass is 171 g/mol. The smallest absolute Gasteiger partial charge is 1.00 e. The quantitative estimate of drug-likeness (QED) is 0.194. The van der Waals surface area contributed by atoms with Gasteiger partial charge >= 0.3 is 29.6 Å². The minimum Gasteiger partial charge on any atom is -1.00 e. The zero-order valence-electron chi connectivity index (χ0n) is 7.43. The molecule has 0 bridgehead atoms. The van der Waals surface area contributed by atoms with E-state index in [0.717, 1.165) is 0 Å². The maximum Gasteiger partial charge on any atom is 1.00 e. The van der Waals surface area contributed by atoms with Gasteiger partial charge in [0.25, 0.3) is 0 Å². The van der Waals surface area contributed by atoms with Gasteiger partial charge in [-0.05, 0) is 0 Å². The van der Waals surface area contributed by atoms with E-state index in [1.165, 1.54) is 5.01 Å². The summed E-state index contributed by atoms with van der Waals surface area (Å²) < 4.78 is 4.96. The van der Waals surface area contributed by atoms with Gasteiger partial charge in [-0.25, -0.2) is 0 Å². The molecule has 1 aliphatic heterocycles. The van der Waals surface area contributed by atoms with Crippen LogP contribution in [0.2, 0.25) is 0 Å². The number of morpholine rings is 1. The van der Waals surface area contributed by atoms with Crippen molar-refractivity contribution >= 4 is 0 Å². The summed E-state index contributed by atoms with van der Waals surface area (Å²) in [5.41, 5.74) is 0. The van der Waals surface area contributed by atoms with Crippen molar-refractivity contribution in [1.29, 1.82) is 0 Å². The van der Waals surface area contributed by atoms with Crippen LogP contribution in [-0.2, 0) is 4.74 Å². The Balaban J connectivity index is 0. The Morgan fingerprint density at radius 3 is 2.55 bits per heavy atom. The van der Waals surface area contributed by atoms with Crippen molar-refractivity contribution in [1.82, 2.24) is 5.01 Å². The number of hydrogen-bond donors (Lipinski definition) is 1. The first-order chi connectivity index (χ1) is 4.84. The Morgan fingerprint density at radius 1 is 1.55 bits per heavy atom. The summed E-state index contributed by atoms with van der Waals surface area (Å²) in [6.07, 6.45) is 0. The van der Waals surface area contributed by atoms with Gasteiger partial charge in [0, 0.05) is 0 Å². The van der Waals surface area contributed by atoms with E-state index in [1.54, 1.807) is 0 Å². The average Bonchev–Trinajstić information content (AvgIpc) is 2.05. The molecule has 1 rings (SSSR count). The van der Waals surface area contributed by atoms with Crippen molar-refractivity contribution in [3.05, 3.63) is 5.21 Å². The van der Waals surface area contributed by atoms with Gasteiger partial charge in [-0.2, -0.15) is 0 Å². The first-order valence-electron chi connectivity index (χ1n) is 2.99. The molecule has 0 unspecified atom stereocenters. The van der Waals surface area contributed by atoms with E-state index in [0.29, 0.717) is 26.3 Å². The number of nitrogens with zero attached hydrogens (tertiary/aromatic N) is 3. The molecule has 0 aliphatic carbocycles. The van der Waals surface area contributed by atoms with Gasteiger partial charge in [-0.15, -0.1) is 5.01 Å². The number of ether oxygens (including phenoxy) is 1. The summed E-state index contributed by atoms with van der Waals surface area (Å²) in [5.74, 6) is 0. The van der Waals surface area contributed by atoms with Gasteiger partial charge < -0.3 is 16.6 Å². The molecule has 0 aromatic heterocycles. The van der Waals surface area contributed by atoms with Crippen molar-refractivity contribution in [2.45, 2.75) is 0 Å². The average molecular weight is 171 g/mol. The van der Waals surface area contributed by atoms with Gasteiger partial charge in [0.05, 0.1) is 18.2 Å². The van der Waals surface area contributed by atoms with Crippen molar-refractivity contribution in [3.8, 4) is 0 Å². The first kappa shape index (κ1) is 11.0. The van der Waals surface area contributed by atoms with Crippen molar-refractivity contribution in [2.75, 3.05) is 26.3 Å². The second-order valence-corrected chi connectivity index (χ2v) is 1.91. The van der Waals surface area contributed by atoms with Crippen LogP contribution in [0.1, 0.15) is 1.43 Å². The van der Waals surface area contributed by atoms with Crippen LogP contribution < -0.4 is 29.6 Å². The van der Waals surface area contributed by atoms with Crippen molar-refractivity contribution in [3.63, 3.8) is 0 Å². The van der Waals surface area contributed by atoms with Crippen LogP contribution in [0.3, 0.4) is 0 Å². The molecule has 1 saturated heterocycles. The van der Waals surface area contributed by atoms with Gasteiger partial charge in [0.1, 0.15) is 13.1 Å². The van der Waals surface area contributed by atoms with Gasteiger partial charge in [-0.3, -0.25) is 0 Å². The molecule has 0 spiro atoms. The Kier molecular flexibility index (Phi) is 5.57. The van der Waals surface area contributed by atoms with E-state index in [4.69, 9.17) is 9.94 Å². The third-order valence-electron chi connectivity index (χ3n) is 1.31. The van der Waals surface area contributed by atoms with E-state index in [9.17, 15) is 5.21 Å². The fourth-order valence-electron chi connectivity index (χ4n) is 0.781. The van der Waals surface area contributed by atoms with Crippen LogP contribution in [0.25, 0.3) is 0 Å². The molecule has 1 heterocycles. The predicted molar refractivity (Wildman–Crippen MR) is 31.3 cm³/mol. The molecule has 0 atom stereocenters. The summed E-state index contributed by atoms with van der Waals surface area (Å²) in [4.78, 5) is 0.169. The van der Waals surface area contributed by atoms with E-state index < -0.39 is 0 Å². The summed E-state index contributed by atoms with van der Waals surface area (Å²) in [7, 11) is 0. The Morgan fingerprint density at radius 2 is 2.09 bits per heavy atom. The Bertz CT molecular complexity index is 142. The topological polar surface area (TPSA) is 71.1 Å². The third-order valence-corrected chi connectivity index (χ3v) is 1.31. The fraction of sp³-hybridized carbons (Fsp3) is 1.00. The summed E-state index contributed by atoms with van der Waals surface area (Å²) >= 11 is 0. The second kappa shape index (κ2) is 5.59. The van der Waals surface area contributed by atoms with Crippen LogP contribution >= 0.6 is 0 Å². The number of hydrazine groups is 1. The Labute approximate surface area is 87.7 Å². The van der Waals surface area contributed by atoms with Crippen LogP contribution in [0.15, 0.2) is 5.28 Å². The fourth-order valence-corrected chi connectivity index (χ4v) is 0.781. The van der Waals surface area contributed by atoms with Crippen molar-refractivity contribution in [2.24, 2.45) is 5.28 Å². The molecule has 0 amide bonds. The normalized spacial score (nSPS) is 19.3. The van der Waals surface area contributed by atoms with E-state index in [-0.39, 0.29) is 36.0 Å². The number of hydrogen-bond acceptors (Lipinski definition) is 3. The van der Waals surface area contributed by atoms with Gasteiger partial charge in [0.15, 0.2) is 0 Å². The minimum atomic E-state index is 0. The third kappa shape index (κ3) is 3.24. The minimum absolute atomic E-state index is 0. The molecular formula is C4H10N3NaO3. The molecule has 0 aromatic carbocycles. The molecule has 11 heavy (non-hydrogen) atoms. The summed E-state index contributed by atoms with van der Waals surface area (Å²) in [6, 6.07) is 0. The maximum atomic E-state index is 10.5. The molecule has 60 valence electrons. The zero-order valence-corrected chi connectivity index (χ0v) is 8.43. The molecule has 0 saturated carbocycles. The van der Waals surface area contributed by atoms with Crippen LogP contribution in [-0.4, -0.2) is 41.5 Å².